The van der Waals surface area contributed by atoms with E-state index in [2.05, 4.69) is 28.4 Å². The lowest BCUT2D eigenvalue weighted by molar-refractivity contribution is 0.355. The maximum atomic E-state index is 6.34. The van der Waals surface area contributed by atoms with Gasteiger partial charge in [0.1, 0.15) is 17.7 Å². The second-order valence-electron chi connectivity index (χ2n) is 7.98. The molecule has 34 heavy (non-hydrogen) atoms. The third-order valence-electron chi connectivity index (χ3n) is 5.68. The fraction of sp³-hybridized carbons (Fsp3) is 0.148. The highest BCUT2D eigenvalue weighted by Gasteiger charge is 2.12. The third-order valence-corrected chi connectivity index (χ3v) is 5.68. The molecule has 2 aromatic heterocycles. The van der Waals surface area contributed by atoms with Gasteiger partial charge in [0.2, 0.25) is 0 Å². The molecule has 0 radical (unpaired) electrons. The highest BCUT2D eigenvalue weighted by molar-refractivity contribution is 5.88. The van der Waals surface area contributed by atoms with Crippen molar-refractivity contribution in [3.05, 3.63) is 83.5 Å². The Hall–Kier alpha value is -4.39. The van der Waals surface area contributed by atoms with E-state index in [1.54, 1.807) is 14.2 Å². The Kier molecular flexibility index (Phi) is 5.59. The zero-order valence-electron chi connectivity index (χ0n) is 19.4. The molecule has 0 fully saturated rings. The Labute approximate surface area is 196 Å². The fourth-order valence-corrected chi connectivity index (χ4v) is 4.11. The average molecular weight is 453 g/mol. The van der Waals surface area contributed by atoms with Gasteiger partial charge in [0.05, 0.1) is 25.1 Å². The molecule has 0 aliphatic carbocycles. The van der Waals surface area contributed by atoms with Crippen molar-refractivity contribution in [2.75, 3.05) is 19.6 Å². The quantitative estimate of drug-likeness (QED) is 0.349. The number of para-hydroxylation sites is 1. The SMILES string of the molecule is COc1ccc(-c2c/c(=N\Nc3ncnc4ccccc34)c3c(C)cc(C)cc3o2)cc1OC. The van der Waals surface area contributed by atoms with Crippen LogP contribution in [0.25, 0.3) is 33.2 Å². The minimum atomic E-state index is 0.625. The van der Waals surface area contributed by atoms with Crippen molar-refractivity contribution in [2.45, 2.75) is 13.8 Å². The van der Waals surface area contributed by atoms with E-state index in [0.717, 1.165) is 43.9 Å². The lowest BCUT2D eigenvalue weighted by Gasteiger charge is -2.11. The van der Waals surface area contributed by atoms with Crippen molar-refractivity contribution < 1.29 is 13.9 Å². The lowest BCUT2D eigenvalue weighted by Crippen LogP contribution is -2.10. The normalized spacial score (nSPS) is 11.7. The molecular weight excluding hydrogens is 428 g/mol. The summed E-state index contributed by atoms with van der Waals surface area (Å²) in [4.78, 5) is 8.72. The average Bonchev–Trinajstić information content (AvgIpc) is 2.86. The molecule has 0 saturated heterocycles. The summed E-state index contributed by atoms with van der Waals surface area (Å²) in [5, 5.41) is 7.32. The molecule has 2 heterocycles. The van der Waals surface area contributed by atoms with Crippen LogP contribution in [0, 0.1) is 13.8 Å². The van der Waals surface area contributed by atoms with E-state index < -0.39 is 0 Å². The number of aromatic nitrogens is 2. The van der Waals surface area contributed by atoms with Crippen LogP contribution in [0.4, 0.5) is 5.82 Å². The molecule has 7 heteroatoms. The number of hydrogen-bond acceptors (Lipinski definition) is 7. The molecule has 0 saturated carbocycles. The summed E-state index contributed by atoms with van der Waals surface area (Å²) in [6.07, 6.45) is 1.53. The molecule has 0 amide bonds. The largest absolute Gasteiger partial charge is 0.493 e. The van der Waals surface area contributed by atoms with Crippen molar-refractivity contribution in [1.82, 2.24) is 9.97 Å². The van der Waals surface area contributed by atoms with Gasteiger partial charge < -0.3 is 13.9 Å². The zero-order chi connectivity index (χ0) is 23.7. The van der Waals surface area contributed by atoms with Crippen LogP contribution in [0.3, 0.4) is 0 Å². The zero-order valence-corrected chi connectivity index (χ0v) is 19.4. The second-order valence-corrected chi connectivity index (χ2v) is 7.98. The Morgan fingerprint density at radius 3 is 2.53 bits per heavy atom. The summed E-state index contributed by atoms with van der Waals surface area (Å²) >= 11 is 0. The van der Waals surface area contributed by atoms with Gasteiger partial charge in [-0.05, 0) is 61.4 Å². The van der Waals surface area contributed by atoms with Gasteiger partial charge >= 0.3 is 0 Å². The summed E-state index contributed by atoms with van der Waals surface area (Å²) in [5.74, 6) is 2.57. The molecule has 0 spiro atoms. The highest BCUT2D eigenvalue weighted by Crippen LogP contribution is 2.33. The monoisotopic (exact) mass is 452 g/mol. The molecule has 0 unspecified atom stereocenters. The van der Waals surface area contributed by atoms with Crippen LogP contribution in [0.1, 0.15) is 11.1 Å². The molecule has 0 bridgehead atoms. The molecule has 5 aromatic rings. The number of nitrogens with one attached hydrogen (secondary N) is 1. The van der Waals surface area contributed by atoms with Crippen LogP contribution in [0.5, 0.6) is 11.5 Å². The van der Waals surface area contributed by atoms with Crippen LogP contribution < -0.4 is 20.3 Å². The van der Waals surface area contributed by atoms with Crippen LogP contribution in [0.15, 0.2) is 76.5 Å². The summed E-state index contributed by atoms with van der Waals surface area (Å²) in [5.41, 5.74) is 7.78. The van der Waals surface area contributed by atoms with E-state index in [9.17, 15) is 0 Å². The molecule has 1 N–H and O–H groups in total. The Morgan fingerprint density at radius 2 is 1.71 bits per heavy atom. The maximum Gasteiger partial charge on any atom is 0.161 e. The first-order valence-electron chi connectivity index (χ1n) is 10.8. The van der Waals surface area contributed by atoms with Gasteiger partial charge in [-0.25, -0.2) is 9.97 Å². The van der Waals surface area contributed by atoms with Crippen molar-refractivity contribution in [3.63, 3.8) is 0 Å². The number of fused-ring (bicyclic) bond motifs is 2. The van der Waals surface area contributed by atoms with Crippen molar-refractivity contribution >= 4 is 27.7 Å². The Morgan fingerprint density at radius 1 is 0.882 bits per heavy atom. The highest BCUT2D eigenvalue weighted by atomic mass is 16.5. The molecule has 0 aliphatic heterocycles. The van der Waals surface area contributed by atoms with E-state index in [1.165, 1.54) is 6.33 Å². The van der Waals surface area contributed by atoms with Crippen LogP contribution in [0.2, 0.25) is 0 Å². The van der Waals surface area contributed by atoms with E-state index in [1.807, 2.05) is 61.5 Å². The summed E-state index contributed by atoms with van der Waals surface area (Å²) in [6.45, 7) is 4.10. The number of rotatable bonds is 5. The molecular formula is C27H24N4O3. The number of ether oxygens (including phenoxy) is 2. The topological polar surface area (TPSA) is 81.8 Å². The minimum absolute atomic E-state index is 0.625. The van der Waals surface area contributed by atoms with E-state index in [-0.39, 0.29) is 0 Å². The number of anilines is 1. The van der Waals surface area contributed by atoms with Crippen molar-refractivity contribution in [3.8, 4) is 22.8 Å². The third kappa shape index (κ3) is 3.92. The number of benzene rings is 3. The van der Waals surface area contributed by atoms with Gasteiger partial charge in [-0.2, -0.15) is 5.10 Å². The fourth-order valence-electron chi connectivity index (χ4n) is 4.11. The first-order chi connectivity index (χ1) is 16.6. The van der Waals surface area contributed by atoms with Gasteiger partial charge in [-0.15, -0.1) is 0 Å². The van der Waals surface area contributed by atoms with E-state index in [0.29, 0.717) is 23.1 Å². The molecule has 170 valence electrons. The second kappa shape index (κ2) is 8.86. The van der Waals surface area contributed by atoms with Crippen LogP contribution >= 0.6 is 0 Å². The Balaban J connectivity index is 1.70. The molecule has 3 aromatic carbocycles. The predicted molar refractivity (Wildman–Crippen MR) is 133 cm³/mol. The van der Waals surface area contributed by atoms with Crippen molar-refractivity contribution in [2.24, 2.45) is 5.10 Å². The standard InChI is InChI=1S/C27H24N4O3/c1-16-11-17(2)26-21(30-31-27-19-7-5-6-8-20(19)28-15-29-27)14-23(34-25(26)12-16)18-9-10-22(32-3)24(13-18)33-4/h5-15H,1-4H3,(H,28,29,31)/b30-21+. The predicted octanol–water partition coefficient (Wildman–Crippen LogP) is 5.60. The maximum absolute atomic E-state index is 6.34. The Bertz CT molecular complexity index is 1590. The van der Waals surface area contributed by atoms with E-state index in [4.69, 9.17) is 19.0 Å². The van der Waals surface area contributed by atoms with Gasteiger partial charge in [0.15, 0.2) is 17.3 Å². The van der Waals surface area contributed by atoms with Crippen LogP contribution in [-0.4, -0.2) is 24.2 Å². The van der Waals surface area contributed by atoms with Gasteiger partial charge in [0.25, 0.3) is 0 Å². The summed E-state index contributed by atoms with van der Waals surface area (Å²) < 4.78 is 17.2. The van der Waals surface area contributed by atoms with Crippen molar-refractivity contribution in [1.29, 1.82) is 0 Å². The van der Waals surface area contributed by atoms with E-state index >= 15 is 0 Å². The summed E-state index contributed by atoms with van der Waals surface area (Å²) in [6, 6.07) is 19.6. The molecule has 0 aliphatic rings. The molecule has 7 nitrogen and oxygen atoms in total. The first kappa shape index (κ1) is 21.5. The van der Waals surface area contributed by atoms with Gasteiger partial charge in [-0.1, -0.05) is 18.2 Å². The minimum Gasteiger partial charge on any atom is -0.493 e. The first-order valence-corrected chi connectivity index (χ1v) is 10.8. The van der Waals surface area contributed by atoms with Crippen LogP contribution in [-0.2, 0) is 0 Å². The number of aryl methyl sites for hydroxylation is 2. The van der Waals surface area contributed by atoms with Gasteiger partial charge in [-0.3, -0.25) is 5.43 Å². The summed E-state index contributed by atoms with van der Waals surface area (Å²) in [7, 11) is 3.23. The lowest BCUT2D eigenvalue weighted by atomic mass is 10.0. The molecule has 0 atom stereocenters. The number of hydrogen-bond donors (Lipinski definition) is 1. The molecule has 5 rings (SSSR count). The smallest absolute Gasteiger partial charge is 0.161 e. The number of nitrogens with zero attached hydrogens (tertiary/aromatic N) is 3. The van der Waals surface area contributed by atoms with Gasteiger partial charge in [0, 0.05) is 22.4 Å². The number of methoxy groups -OCH3 is 2.